The van der Waals surface area contributed by atoms with Crippen molar-refractivity contribution in [2.45, 2.75) is 44.2 Å². The molecule has 0 aromatic rings. The Balaban J connectivity index is 3.92. The lowest BCUT2D eigenvalue weighted by molar-refractivity contribution is -0.0859. The second-order valence-electron chi connectivity index (χ2n) is 4.10. The maximum Gasteiger partial charge on any atom is 0.406 e. The Bertz CT molecular complexity index is 222. The van der Waals surface area contributed by atoms with E-state index in [4.69, 9.17) is 4.65 Å². The first-order chi connectivity index (χ1) is 6.52. The molecule has 0 fully saturated rings. The van der Waals surface area contributed by atoms with E-state index in [-0.39, 0.29) is 10.9 Å². The van der Waals surface area contributed by atoms with Gasteiger partial charge in [0.1, 0.15) is 0 Å². The molecule has 0 amide bonds. The van der Waals surface area contributed by atoms with Crippen LogP contribution in [0.15, 0.2) is 12.1 Å². The van der Waals surface area contributed by atoms with Gasteiger partial charge in [0.25, 0.3) is 0 Å². The molecule has 0 aromatic carbocycles. The molecule has 0 aliphatic heterocycles. The average molecular weight is 239 g/mol. The van der Waals surface area contributed by atoms with E-state index < -0.39 is 11.6 Å². The Morgan fingerprint density at radius 2 is 1.93 bits per heavy atom. The number of halogens is 3. The van der Waals surface area contributed by atoms with Crippen LogP contribution >= 0.6 is 12.6 Å². The van der Waals surface area contributed by atoms with Crippen molar-refractivity contribution in [1.29, 1.82) is 0 Å². The molecular formula is C9H15BF3OS. The fraction of sp³-hybridized carbons (Fsp3) is 0.778. The van der Waals surface area contributed by atoms with Gasteiger partial charge >= 0.3 is 13.7 Å². The Kier molecular flexibility index (Phi) is 5.27. The van der Waals surface area contributed by atoms with Gasteiger partial charge in [-0.2, -0.15) is 25.8 Å². The third-order valence-corrected chi connectivity index (χ3v) is 1.78. The third-order valence-electron chi connectivity index (χ3n) is 1.59. The molecule has 0 heterocycles. The topological polar surface area (TPSA) is 9.23 Å². The smallest absolute Gasteiger partial charge is 0.406 e. The molecule has 1 radical (unpaired) electrons. The summed E-state index contributed by atoms with van der Waals surface area (Å²) >= 11 is 4.26. The maximum absolute atomic E-state index is 12.0. The number of allylic oxidation sites excluding steroid dienone is 1. The maximum atomic E-state index is 12.0. The molecule has 0 saturated heterocycles. The van der Waals surface area contributed by atoms with Crippen molar-refractivity contribution in [1.82, 2.24) is 0 Å². The second kappa shape index (κ2) is 5.30. The summed E-state index contributed by atoms with van der Waals surface area (Å²) in [7, 11) is 0.657. The van der Waals surface area contributed by atoms with Crippen LogP contribution in [0.25, 0.3) is 0 Å². The van der Waals surface area contributed by atoms with Crippen LogP contribution in [0.5, 0.6) is 0 Å². The van der Waals surface area contributed by atoms with E-state index in [1.54, 1.807) is 6.92 Å². The van der Waals surface area contributed by atoms with Gasteiger partial charge in [-0.3, -0.25) is 0 Å². The fourth-order valence-electron chi connectivity index (χ4n) is 1.02. The van der Waals surface area contributed by atoms with E-state index in [2.05, 4.69) is 19.2 Å². The summed E-state index contributed by atoms with van der Waals surface area (Å²) in [5.74, 6) is 0. The third kappa shape index (κ3) is 7.79. The van der Waals surface area contributed by atoms with E-state index in [1.807, 2.05) is 13.8 Å². The molecule has 87 valence electrons. The molecule has 0 aliphatic carbocycles. The highest BCUT2D eigenvalue weighted by atomic mass is 32.1. The van der Waals surface area contributed by atoms with Crippen LogP contribution in [0.3, 0.4) is 0 Å². The van der Waals surface area contributed by atoms with Crippen molar-refractivity contribution in [2.24, 2.45) is 0 Å². The zero-order chi connectivity index (χ0) is 12.3. The number of hydrogen-bond acceptors (Lipinski definition) is 2. The predicted octanol–water partition coefficient (Wildman–Crippen LogP) is 3.19. The predicted molar refractivity (Wildman–Crippen MR) is 59.2 cm³/mol. The summed E-state index contributed by atoms with van der Waals surface area (Å²) in [6, 6.07) is 0. The first kappa shape index (κ1) is 14.9. The van der Waals surface area contributed by atoms with Gasteiger partial charge in [0.15, 0.2) is 0 Å². The van der Waals surface area contributed by atoms with E-state index in [1.165, 1.54) is 0 Å². The van der Waals surface area contributed by atoms with E-state index >= 15 is 0 Å². The van der Waals surface area contributed by atoms with Gasteiger partial charge in [-0.05, 0) is 13.3 Å². The van der Waals surface area contributed by atoms with Crippen LogP contribution in [0, 0.1) is 0 Å². The first-order valence-electron chi connectivity index (χ1n) is 4.49. The van der Waals surface area contributed by atoms with Crippen LogP contribution in [0.4, 0.5) is 13.2 Å². The molecule has 1 atom stereocenters. The number of thiol groups is 1. The summed E-state index contributed by atoms with van der Waals surface area (Å²) in [5.41, 5.74) is -0.980. The van der Waals surface area contributed by atoms with Crippen molar-refractivity contribution in [3.8, 4) is 0 Å². The van der Waals surface area contributed by atoms with Gasteiger partial charge in [-0.15, -0.1) is 0 Å². The van der Waals surface area contributed by atoms with Gasteiger partial charge in [-0.25, -0.2) is 0 Å². The van der Waals surface area contributed by atoms with Crippen LogP contribution in [0.2, 0.25) is 0 Å². The molecule has 0 saturated carbocycles. The lowest BCUT2D eigenvalue weighted by Crippen LogP contribution is -2.26. The molecule has 0 N–H and O–H groups in total. The van der Waals surface area contributed by atoms with Crippen molar-refractivity contribution >= 4 is 20.1 Å². The molecular weight excluding hydrogens is 224 g/mol. The molecule has 0 bridgehead atoms. The molecule has 15 heavy (non-hydrogen) atoms. The Morgan fingerprint density at radius 1 is 1.47 bits per heavy atom. The highest BCUT2D eigenvalue weighted by Gasteiger charge is 2.33. The summed E-state index contributed by atoms with van der Waals surface area (Å²) in [6.45, 7) is 8.30. The van der Waals surface area contributed by atoms with Crippen LogP contribution in [-0.2, 0) is 4.65 Å². The quantitative estimate of drug-likeness (QED) is 0.572. The zero-order valence-electron chi connectivity index (χ0n) is 9.06. The van der Waals surface area contributed by atoms with Crippen molar-refractivity contribution in [3.63, 3.8) is 0 Å². The number of rotatable bonds is 5. The summed E-state index contributed by atoms with van der Waals surface area (Å²) in [5, 5.41) is 0. The molecule has 1 unspecified atom stereocenters. The highest BCUT2D eigenvalue weighted by molar-refractivity contribution is 7.81. The van der Waals surface area contributed by atoms with E-state index in [0.717, 1.165) is 0 Å². The Labute approximate surface area is 94.8 Å². The second-order valence-corrected chi connectivity index (χ2v) is 5.31. The highest BCUT2D eigenvalue weighted by Crippen LogP contribution is 2.24. The average Bonchev–Trinajstić information content (AvgIpc) is 1.94. The van der Waals surface area contributed by atoms with Gasteiger partial charge in [0, 0.05) is 16.3 Å². The largest absolute Gasteiger partial charge is 0.432 e. The molecule has 6 heteroatoms. The Morgan fingerprint density at radius 3 is 2.27 bits per heavy atom. The van der Waals surface area contributed by atoms with Crippen LogP contribution in [-0.4, -0.2) is 24.5 Å². The molecule has 0 rings (SSSR count). The minimum atomic E-state index is -4.42. The summed E-state index contributed by atoms with van der Waals surface area (Å²) in [6.07, 6.45) is -4.19. The fourth-order valence-corrected chi connectivity index (χ4v) is 1.27. The zero-order valence-corrected chi connectivity index (χ0v) is 9.95. The van der Waals surface area contributed by atoms with Crippen molar-refractivity contribution < 1.29 is 17.8 Å². The molecule has 1 nitrogen and oxygen atoms in total. The number of alkyl halides is 3. The van der Waals surface area contributed by atoms with Crippen LogP contribution in [0.1, 0.15) is 27.2 Å². The lowest BCUT2D eigenvalue weighted by atomic mass is 9.87. The van der Waals surface area contributed by atoms with E-state index in [9.17, 15) is 13.2 Å². The number of hydrogen-bond donors (Lipinski definition) is 1. The Hall–Kier alpha value is -0.0951. The standard InChI is InChI=1S/C9H15BF3OS/c1-6(5-8(3,4)15)14-10-7(2)9(11,12)13/h6,15H,2,5H2,1,3-4H3. The van der Waals surface area contributed by atoms with Crippen LogP contribution < -0.4 is 0 Å². The lowest BCUT2D eigenvalue weighted by Gasteiger charge is -2.23. The minimum Gasteiger partial charge on any atom is -0.432 e. The first-order valence-corrected chi connectivity index (χ1v) is 4.94. The summed E-state index contributed by atoms with van der Waals surface area (Å²) in [4.78, 5) is 0. The van der Waals surface area contributed by atoms with Gasteiger partial charge in [0.2, 0.25) is 0 Å². The SMILES string of the molecule is C=C([B]OC(C)CC(C)(C)S)C(F)(F)F. The normalized spacial score (nSPS) is 14.9. The summed E-state index contributed by atoms with van der Waals surface area (Å²) < 4.78 is 40.7. The van der Waals surface area contributed by atoms with Gasteiger partial charge < -0.3 is 4.65 Å². The van der Waals surface area contributed by atoms with Crippen molar-refractivity contribution in [2.75, 3.05) is 0 Å². The van der Waals surface area contributed by atoms with Crippen molar-refractivity contribution in [3.05, 3.63) is 12.1 Å². The molecule has 0 spiro atoms. The minimum absolute atomic E-state index is 0.271. The van der Waals surface area contributed by atoms with Gasteiger partial charge in [0.05, 0.1) is 0 Å². The van der Waals surface area contributed by atoms with E-state index in [0.29, 0.717) is 13.9 Å². The molecule has 0 aromatic heterocycles. The monoisotopic (exact) mass is 239 g/mol. The van der Waals surface area contributed by atoms with Gasteiger partial charge in [-0.1, -0.05) is 20.4 Å². The molecule has 0 aliphatic rings.